The maximum Gasteiger partial charge on any atom is 0.292 e. The lowest BCUT2D eigenvalue weighted by atomic mass is 10.1. The van der Waals surface area contributed by atoms with Gasteiger partial charge in [0.15, 0.2) is 0 Å². The second-order valence-electron chi connectivity index (χ2n) is 6.22. The summed E-state index contributed by atoms with van der Waals surface area (Å²) in [5, 5.41) is 3.54. The van der Waals surface area contributed by atoms with Crippen molar-refractivity contribution in [3.8, 4) is 5.75 Å². The summed E-state index contributed by atoms with van der Waals surface area (Å²) in [5.41, 5.74) is 3.28. The molecule has 0 aliphatic carbocycles. The molecule has 5 nitrogen and oxygen atoms in total. The van der Waals surface area contributed by atoms with Crippen LogP contribution in [0.2, 0.25) is 0 Å². The molecule has 3 aromatic rings. The van der Waals surface area contributed by atoms with Gasteiger partial charge in [-0.2, -0.15) is 0 Å². The van der Waals surface area contributed by atoms with E-state index in [4.69, 9.17) is 4.74 Å². The molecule has 0 radical (unpaired) electrons. The number of fused-ring (bicyclic) bond motifs is 1. The molecule has 1 amide bonds. The highest BCUT2D eigenvalue weighted by molar-refractivity contribution is 6.45. The van der Waals surface area contributed by atoms with Crippen LogP contribution in [0, 0.1) is 6.92 Å². The van der Waals surface area contributed by atoms with Crippen molar-refractivity contribution in [2.24, 2.45) is 7.05 Å². The number of carbonyl (C=O) groups excluding carboxylic acids is 2. The lowest BCUT2D eigenvalue weighted by molar-refractivity contribution is -0.116. The number of ketones is 1. The van der Waals surface area contributed by atoms with Crippen LogP contribution in [0.25, 0.3) is 10.9 Å². The van der Waals surface area contributed by atoms with E-state index >= 15 is 0 Å². The zero-order chi connectivity index (χ0) is 18.7. The van der Waals surface area contributed by atoms with E-state index in [-0.39, 0.29) is 0 Å². The summed E-state index contributed by atoms with van der Waals surface area (Å²) in [4.78, 5) is 25.0. The predicted octanol–water partition coefficient (Wildman–Crippen LogP) is 3.04. The molecular weight excluding hydrogens is 328 g/mol. The highest BCUT2D eigenvalue weighted by Crippen LogP contribution is 2.25. The average molecular weight is 350 g/mol. The number of amides is 1. The van der Waals surface area contributed by atoms with E-state index in [1.165, 1.54) is 0 Å². The topological polar surface area (TPSA) is 60.3 Å². The molecule has 0 atom stereocenters. The van der Waals surface area contributed by atoms with Gasteiger partial charge in [0.2, 0.25) is 0 Å². The summed E-state index contributed by atoms with van der Waals surface area (Å²) in [6.07, 6.45) is 0.650. The third kappa shape index (κ3) is 3.33. The average Bonchev–Trinajstić information content (AvgIpc) is 2.92. The van der Waals surface area contributed by atoms with Crippen molar-refractivity contribution >= 4 is 22.6 Å². The number of methoxy groups -OCH3 is 1. The van der Waals surface area contributed by atoms with Crippen molar-refractivity contribution in [3.05, 3.63) is 65.4 Å². The molecule has 0 aliphatic heterocycles. The van der Waals surface area contributed by atoms with Gasteiger partial charge in [0.25, 0.3) is 11.7 Å². The standard InChI is InChI=1S/C21H22N2O3/c1-14-19(17-6-4-5-7-18(17)23(14)2)20(24)21(25)22-13-12-15-8-10-16(26-3)11-9-15/h4-11H,12-13H2,1-3H3,(H,22,25). The largest absolute Gasteiger partial charge is 0.497 e. The fourth-order valence-corrected chi connectivity index (χ4v) is 3.11. The van der Waals surface area contributed by atoms with Crippen molar-refractivity contribution < 1.29 is 14.3 Å². The molecular formula is C21H22N2O3. The van der Waals surface area contributed by atoms with E-state index in [1.54, 1.807) is 7.11 Å². The molecule has 0 saturated carbocycles. The zero-order valence-electron chi connectivity index (χ0n) is 15.2. The van der Waals surface area contributed by atoms with Gasteiger partial charge in [-0.05, 0) is 37.1 Å². The van der Waals surface area contributed by atoms with Crippen LogP contribution in [0.4, 0.5) is 0 Å². The molecule has 1 heterocycles. The summed E-state index contributed by atoms with van der Waals surface area (Å²) in [5.74, 6) is -0.272. The highest BCUT2D eigenvalue weighted by atomic mass is 16.5. The number of para-hydroxylation sites is 1. The molecule has 0 fully saturated rings. The van der Waals surface area contributed by atoms with Crippen LogP contribution in [-0.4, -0.2) is 29.9 Å². The lowest BCUT2D eigenvalue weighted by Gasteiger charge is -2.06. The van der Waals surface area contributed by atoms with Crippen molar-refractivity contribution in [2.45, 2.75) is 13.3 Å². The number of nitrogens with one attached hydrogen (secondary N) is 1. The summed E-state index contributed by atoms with van der Waals surface area (Å²) in [6, 6.07) is 15.3. The quantitative estimate of drug-likeness (QED) is 0.549. The Morgan fingerprint density at radius 2 is 1.77 bits per heavy atom. The van der Waals surface area contributed by atoms with E-state index in [2.05, 4.69) is 5.32 Å². The summed E-state index contributed by atoms with van der Waals surface area (Å²) in [7, 11) is 3.52. The number of carbonyl (C=O) groups is 2. The van der Waals surface area contributed by atoms with E-state index in [1.807, 2.05) is 67.1 Å². The van der Waals surface area contributed by atoms with Gasteiger partial charge in [-0.15, -0.1) is 0 Å². The highest BCUT2D eigenvalue weighted by Gasteiger charge is 2.23. The number of rotatable bonds is 6. The minimum Gasteiger partial charge on any atom is -0.497 e. The first-order chi connectivity index (χ1) is 12.5. The number of hydrogen-bond donors (Lipinski definition) is 1. The van der Waals surface area contributed by atoms with Crippen molar-refractivity contribution in [1.82, 2.24) is 9.88 Å². The monoisotopic (exact) mass is 350 g/mol. The Balaban J connectivity index is 1.68. The maximum absolute atomic E-state index is 12.7. The summed E-state index contributed by atoms with van der Waals surface area (Å²) < 4.78 is 7.06. The number of nitrogens with zero attached hydrogens (tertiary/aromatic N) is 1. The Morgan fingerprint density at radius 3 is 2.46 bits per heavy atom. The van der Waals surface area contributed by atoms with E-state index in [0.29, 0.717) is 18.5 Å². The van der Waals surface area contributed by atoms with Crippen molar-refractivity contribution in [3.63, 3.8) is 0 Å². The molecule has 0 bridgehead atoms. The third-order valence-electron chi connectivity index (χ3n) is 4.69. The zero-order valence-corrected chi connectivity index (χ0v) is 15.2. The van der Waals surface area contributed by atoms with Crippen LogP contribution in [-0.2, 0) is 18.3 Å². The van der Waals surface area contributed by atoms with Gasteiger partial charge in [-0.1, -0.05) is 30.3 Å². The molecule has 0 spiro atoms. The van der Waals surface area contributed by atoms with Crippen LogP contribution in [0.3, 0.4) is 0 Å². The second-order valence-corrected chi connectivity index (χ2v) is 6.22. The molecule has 1 N–H and O–H groups in total. The third-order valence-corrected chi connectivity index (χ3v) is 4.69. The van der Waals surface area contributed by atoms with Crippen LogP contribution in [0.15, 0.2) is 48.5 Å². The Bertz CT molecular complexity index is 955. The van der Waals surface area contributed by atoms with Crippen molar-refractivity contribution in [2.75, 3.05) is 13.7 Å². The number of Topliss-reactive ketones (excluding diaryl/α,β-unsaturated/α-hetero) is 1. The van der Waals surface area contributed by atoms with Gasteiger partial charge in [0, 0.05) is 30.2 Å². The molecule has 134 valence electrons. The maximum atomic E-state index is 12.7. The predicted molar refractivity (Wildman–Crippen MR) is 102 cm³/mol. The van der Waals surface area contributed by atoms with Gasteiger partial charge in [0.1, 0.15) is 5.75 Å². The van der Waals surface area contributed by atoms with Gasteiger partial charge < -0.3 is 14.6 Å². The van der Waals surface area contributed by atoms with Crippen LogP contribution in [0.5, 0.6) is 5.75 Å². The summed E-state index contributed by atoms with van der Waals surface area (Å²) in [6.45, 7) is 2.26. The number of aryl methyl sites for hydroxylation is 1. The van der Waals surface area contributed by atoms with Crippen molar-refractivity contribution in [1.29, 1.82) is 0 Å². The number of hydrogen-bond acceptors (Lipinski definition) is 3. The Morgan fingerprint density at radius 1 is 1.08 bits per heavy atom. The van der Waals surface area contributed by atoms with Crippen LogP contribution in [0.1, 0.15) is 21.6 Å². The molecule has 2 aromatic carbocycles. The minimum atomic E-state index is -0.571. The Labute approximate surface area is 152 Å². The molecule has 1 aromatic heterocycles. The molecule has 0 unspecified atom stereocenters. The van der Waals surface area contributed by atoms with Crippen LogP contribution < -0.4 is 10.1 Å². The second kappa shape index (κ2) is 7.44. The molecule has 5 heteroatoms. The van der Waals surface area contributed by atoms with E-state index in [0.717, 1.165) is 27.9 Å². The Hall–Kier alpha value is -3.08. The normalized spacial score (nSPS) is 10.7. The van der Waals surface area contributed by atoms with Gasteiger partial charge >= 0.3 is 0 Å². The van der Waals surface area contributed by atoms with Gasteiger partial charge in [0.05, 0.1) is 12.7 Å². The van der Waals surface area contributed by atoms with E-state index < -0.39 is 11.7 Å². The first-order valence-electron chi connectivity index (χ1n) is 8.52. The van der Waals surface area contributed by atoms with E-state index in [9.17, 15) is 9.59 Å². The first-order valence-corrected chi connectivity index (χ1v) is 8.52. The minimum absolute atomic E-state index is 0.403. The molecule has 3 rings (SSSR count). The first kappa shape index (κ1) is 17.7. The number of aromatic nitrogens is 1. The van der Waals surface area contributed by atoms with Gasteiger partial charge in [-0.3, -0.25) is 9.59 Å². The van der Waals surface area contributed by atoms with Crippen LogP contribution >= 0.6 is 0 Å². The lowest BCUT2D eigenvalue weighted by Crippen LogP contribution is -2.32. The molecule has 26 heavy (non-hydrogen) atoms. The number of benzene rings is 2. The summed E-state index contributed by atoms with van der Waals surface area (Å²) >= 11 is 0. The Kier molecular flexibility index (Phi) is 5.07. The SMILES string of the molecule is COc1ccc(CCNC(=O)C(=O)c2c(C)n(C)c3ccccc23)cc1. The molecule has 0 aliphatic rings. The number of ether oxygens (including phenoxy) is 1. The fourth-order valence-electron chi connectivity index (χ4n) is 3.11. The smallest absolute Gasteiger partial charge is 0.292 e. The fraction of sp³-hybridized carbons (Fsp3) is 0.238. The molecule has 0 saturated heterocycles. The van der Waals surface area contributed by atoms with Gasteiger partial charge in [-0.25, -0.2) is 0 Å².